The van der Waals surface area contributed by atoms with Crippen molar-refractivity contribution in [1.82, 2.24) is 15.9 Å². The molecule has 0 bridgehead atoms. The van der Waals surface area contributed by atoms with E-state index in [4.69, 9.17) is 5.21 Å². The summed E-state index contributed by atoms with van der Waals surface area (Å²) < 4.78 is 0. The molecule has 25 heavy (non-hydrogen) atoms. The number of hydroxylamine groups is 1. The van der Waals surface area contributed by atoms with Gasteiger partial charge in [-0.1, -0.05) is 24.3 Å². The van der Waals surface area contributed by atoms with Gasteiger partial charge < -0.3 is 0 Å². The number of benzene rings is 2. The minimum absolute atomic E-state index is 0.239. The highest BCUT2D eigenvalue weighted by Crippen LogP contribution is 2.10. The molecule has 0 aliphatic heterocycles. The second kappa shape index (κ2) is 7.33. The van der Waals surface area contributed by atoms with Crippen molar-refractivity contribution >= 4 is 28.9 Å². The Morgan fingerprint density at radius 3 is 2.32 bits per heavy atom. The van der Waals surface area contributed by atoms with Crippen molar-refractivity contribution in [3.8, 4) is 0 Å². The number of para-hydroxylation sites is 1. The molecule has 0 atom stereocenters. The van der Waals surface area contributed by atoms with Crippen molar-refractivity contribution in [2.75, 3.05) is 0 Å². The number of hydrogen-bond acceptors (Lipinski definition) is 5. The van der Waals surface area contributed by atoms with Crippen LogP contribution in [0.15, 0.2) is 65.8 Å². The molecule has 1 heterocycles. The molecule has 2 aromatic carbocycles. The molecule has 2 amide bonds. The van der Waals surface area contributed by atoms with E-state index in [1.807, 2.05) is 30.3 Å². The quantitative estimate of drug-likeness (QED) is 0.386. The Morgan fingerprint density at radius 1 is 0.920 bits per heavy atom. The van der Waals surface area contributed by atoms with E-state index in [-0.39, 0.29) is 5.56 Å². The van der Waals surface area contributed by atoms with Crippen LogP contribution in [0.2, 0.25) is 0 Å². The fourth-order valence-electron chi connectivity index (χ4n) is 2.21. The summed E-state index contributed by atoms with van der Waals surface area (Å²) in [5, 5.41) is 13.5. The van der Waals surface area contributed by atoms with Crippen LogP contribution < -0.4 is 10.9 Å². The number of aromatic nitrogens is 1. The van der Waals surface area contributed by atoms with Crippen LogP contribution in [0.1, 0.15) is 26.4 Å². The number of amides is 2. The van der Waals surface area contributed by atoms with Crippen molar-refractivity contribution in [3.63, 3.8) is 0 Å². The van der Waals surface area contributed by atoms with E-state index >= 15 is 0 Å². The molecule has 3 aromatic rings. The lowest BCUT2D eigenvalue weighted by molar-refractivity contribution is 0.0706. The average Bonchev–Trinajstić information content (AvgIpc) is 2.67. The third-order valence-electron chi connectivity index (χ3n) is 3.49. The first-order valence-electron chi connectivity index (χ1n) is 7.41. The van der Waals surface area contributed by atoms with Gasteiger partial charge in [-0.3, -0.25) is 14.8 Å². The highest BCUT2D eigenvalue weighted by molar-refractivity contribution is 5.97. The van der Waals surface area contributed by atoms with Crippen molar-refractivity contribution < 1.29 is 14.8 Å². The topological polar surface area (TPSA) is 104 Å². The lowest BCUT2D eigenvalue weighted by Gasteiger charge is -2.02. The summed E-state index contributed by atoms with van der Waals surface area (Å²) in [6.07, 6.45) is 1.46. The fraction of sp³-hybridized carbons (Fsp3) is 0. The Labute approximate surface area is 143 Å². The maximum Gasteiger partial charge on any atom is 0.274 e. The Balaban J connectivity index is 1.66. The molecule has 0 spiro atoms. The van der Waals surface area contributed by atoms with Crippen LogP contribution in [0.4, 0.5) is 0 Å². The molecule has 0 aliphatic carbocycles. The minimum atomic E-state index is -0.646. The molecule has 1 aromatic heterocycles. The zero-order chi connectivity index (χ0) is 17.6. The van der Waals surface area contributed by atoms with Crippen LogP contribution in [0.3, 0.4) is 0 Å². The predicted octanol–water partition coefficient (Wildman–Crippen LogP) is 2.12. The normalized spacial score (nSPS) is 10.8. The van der Waals surface area contributed by atoms with Gasteiger partial charge in [0.25, 0.3) is 11.8 Å². The zero-order valence-electron chi connectivity index (χ0n) is 13.0. The largest absolute Gasteiger partial charge is 0.288 e. The maximum absolute atomic E-state index is 12.0. The third-order valence-corrected chi connectivity index (χ3v) is 3.49. The van der Waals surface area contributed by atoms with E-state index in [0.29, 0.717) is 11.3 Å². The summed E-state index contributed by atoms with van der Waals surface area (Å²) in [6.45, 7) is 0. The maximum atomic E-state index is 12.0. The lowest BCUT2D eigenvalue weighted by Crippen LogP contribution is -2.20. The number of carbonyl (C=O) groups is 2. The first-order valence-corrected chi connectivity index (χ1v) is 7.41. The highest BCUT2D eigenvalue weighted by Gasteiger charge is 2.07. The summed E-state index contributed by atoms with van der Waals surface area (Å²) in [4.78, 5) is 27.6. The minimum Gasteiger partial charge on any atom is -0.288 e. The van der Waals surface area contributed by atoms with Crippen LogP contribution in [0.5, 0.6) is 0 Å². The number of rotatable bonds is 4. The van der Waals surface area contributed by atoms with E-state index in [9.17, 15) is 9.59 Å². The second-order valence-electron chi connectivity index (χ2n) is 5.15. The van der Waals surface area contributed by atoms with Crippen LogP contribution in [0.25, 0.3) is 10.9 Å². The fourth-order valence-corrected chi connectivity index (χ4v) is 2.21. The Morgan fingerprint density at radius 2 is 1.60 bits per heavy atom. The summed E-state index contributed by atoms with van der Waals surface area (Å²) >= 11 is 0. The lowest BCUT2D eigenvalue weighted by atomic mass is 10.1. The first kappa shape index (κ1) is 16.3. The van der Waals surface area contributed by atoms with Gasteiger partial charge in [0.1, 0.15) is 0 Å². The molecule has 0 saturated carbocycles. The van der Waals surface area contributed by atoms with Gasteiger partial charge in [-0.15, -0.1) is 0 Å². The van der Waals surface area contributed by atoms with Crippen LogP contribution in [0, 0.1) is 0 Å². The zero-order valence-corrected chi connectivity index (χ0v) is 13.0. The van der Waals surface area contributed by atoms with Gasteiger partial charge in [0.2, 0.25) is 0 Å². The van der Waals surface area contributed by atoms with E-state index in [1.54, 1.807) is 6.07 Å². The van der Waals surface area contributed by atoms with E-state index in [0.717, 1.165) is 10.9 Å². The molecule has 0 saturated heterocycles. The van der Waals surface area contributed by atoms with Crippen molar-refractivity contribution in [2.45, 2.75) is 0 Å². The number of fused-ring (bicyclic) bond motifs is 1. The van der Waals surface area contributed by atoms with Gasteiger partial charge in [0, 0.05) is 16.5 Å². The van der Waals surface area contributed by atoms with E-state index < -0.39 is 11.8 Å². The molecule has 0 aliphatic rings. The number of carbonyl (C=O) groups excluding carboxylic acids is 2. The smallest absolute Gasteiger partial charge is 0.274 e. The highest BCUT2D eigenvalue weighted by atomic mass is 16.5. The molecule has 7 nitrogen and oxygen atoms in total. The predicted molar refractivity (Wildman–Crippen MR) is 92.5 cm³/mol. The number of nitrogens with one attached hydrogen (secondary N) is 2. The van der Waals surface area contributed by atoms with Crippen LogP contribution >= 0.6 is 0 Å². The number of hydrazone groups is 1. The molecular formula is C18H14N4O3. The Bertz CT molecular complexity index is 952. The SMILES string of the molecule is O=C(NO)c1ccc(C(=O)N/N=C/c2ccc3ccccc3n2)cc1. The van der Waals surface area contributed by atoms with Gasteiger partial charge in [-0.05, 0) is 36.4 Å². The average molecular weight is 334 g/mol. The van der Waals surface area contributed by atoms with Crippen LogP contribution in [-0.2, 0) is 0 Å². The number of hydrogen-bond donors (Lipinski definition) is 3. The molecule has 3 N–H and O–H groups in total. The number of pyridine rings is 1. The molecule has 0 fully saturated rings. The molecule has 0 unspecified atom stereocenters. The van der Waals surface area contributed by atoms with Gasteiger partial charge >= 0.3 is 0 Å². The van der Waals surface area contributed by atoms with Gasteiger partial charge in [-0.25, -0.2) is 15.9 Å². The monoisotopic (exact) mass is 334 g/mol. The first-order chi connectivity index (χ1) is 12.2. The molecule has 124 valence electrons. The summed E-state index contributed by atoms with van der Waals surface area (Å²) in [5.41, 5.74) is 5.96. The molecular weight excluding hydrogens is 320 g/mol. The van der Waals surface area contributed by atoms with Crippen molar-refractivity contribution in [3.05, 3.63) is 77.5 Å². The summed E-state index contributed by atoms with van der Waals surface area (Å²) in [6, 6.07) is 17.2. The Kier molecular flexibility index (Phi) is 4.77. The van der Waals surface area contributed by atoms with Crippen molar-refractivity contribution in [1.29, 1.82) is 0 Å². The van der Waals surface area contributed by atoms with Crippen molar-refractivity contribution in [2.24, 2.45) is 5.10 Å². The standard InChI is InChI=1S/C18H14N4O3/c23-17(13-5-7-14(8-6-13)18(24)22-25)21-19-11-15-10-9-12-3-1-2-4-16(12)20-15/h1-11,25H,(H,21,23)(H,22,24)/b19-11+. The summed E-state index contributed by atoms with van der Waals surface area (Å²) in [5.74, 6) is -1.07. The number of nitrogens with zero attached hydrogens (tertiary/aromatic N) is 2. The van der Waals surface area contributed by atoms with E-state index in [2.05, 4.69) is 15.5 Å². The third kappa shape index (κ3) is 3.85. The summed E-state index contributed by atoms with van der Waals surface area (Å²) in [7, 11) is 0. The molecule has 7 heteroatoms. The van der Waals surface area contributed by atoms with Gasteiger partial charge in [0.15, 0.2) is 0 Å². The molecule has 3 rings (SSSR count). The Hall–Kier alpha value is -3.58. The van der Waals surface area contributed by atoms with Gasteiger partial charge in [-0.2, -0.15) is 5.10 Å². The van der Waals surface area contributed by atoms with Gasteiger partial charge in [0.05, 0.1) is 17.4 Å². The van der Waals surface area contributed by atoms with E-state index in [1.165, 1.54) is 36.0 Å². The second-order valence-corrected chi connectivity index (χ2v) is 5.15. The molecule has 0 radical (unpaired) electrons. The van der Waals surface area contributed by atoms with Crippen LogP contribution in [-0.4, -0.2) is 28.2 Å².